The number of aliphatic hydroxyl groups excluding tert-OH is 1. The lowest BCUT2D eigenvalue weighted by Gasteiger charge is -2.26. The van der Waals surface area contributed by atoms with Gasteiger partial charge in [-0.1, -0.05) is 24.3 Å². The molecule has 0 saturated heterocycles. The molecule has 6 heteroatoms. The molecule has 0 bridgehead atoms. The number of allylic oxidation sites excluding steroid dienone is 3. The molecule has 2 aromatic carbocycles. The highest BCUT2D eigenvalue weighted by Crippen LogP contribution is 2.42. The molecule has 3 aliphatic rings. The van der Waals surface area contributed by atoms with Gasteiger partial charge in [-0.05, 0) is 38.1 Å². The normalized spacial score (nSPS) is 22.9. The number of nitrogens with one attached hydrogen (secondary N) is 2. The SMILES string of the molecule is CC(=C1Nc2ccccc2O1)C1=C(O)C(=C(C)C2Nc3ccccc3O2)C1=O. The second-order valence-electron chi connectivity index (χ2n) is 6.93. The molecule has 28 heavy (non-hydrogen) atoms. The number of ketones is 1. The summed E-state index contributed by atoms with van der Waals surface area (Å²) in [5.41, 5.74) is 3.46. The van der Waals surface area contributed by atoms with Crippen molar-refractivity contribution in [2.24, 2.45) is 0 Å². The Kier molecular flexibility index (Phi) is 3.49. The monoisotopic (exact) mass is 374 g/mol. The number of aliphatic hydroxyl groups is 1. The third-order valence-corrected chi connectivity index (χ3v) is 5.20. The number of anilines is 2. The Bertz CT molecular complexity index is 1070. The van der Waals surface area contributed by atoms with Gasteiger partial charge in [0.15, 0.2) is 12.0 Å². The molecular weight excluding hydrogens is 356 g/mol. The number of carbonyl (C=O) groups excluding carboxylic acids is 1. The van der Waals surface area contributed by atoms with Gasteiger partial charge in [0.1, 0.15) is 11.5 Å². The fourth-order valence-electron chi connectivity index (χ4n) is 3.63. The van der Waals surface area contributed by atoms with Crippen molar-refractivity contribution in [3.05, 3.63) is 82.5 Å². The third-order valence-electron chi connectivity index (χ3n) is 5.20. The molecule has 6 nitrogen and oxygen atoms in total. The lowest BCUT2D eigenvalue weighted by atomic mass is 9.81. The number of carbonyl (C=O) groups is 1. The van der Waals surface area contributed by atoms with Crippen molar-refractivity contribution < 1.29 is 19.4 Å². The lowest BCUT2D eigenvalue weighted by Crippen LogP contribution is -2.31. The Balaban J connectivity index is 1.45. The van der Waals surface area contributed by atoms with Crippen molar-refractivity contribution in [1.82, 2.24) is 0 Å². The van der Waals surface area contributed by atoms with E-state index in [1.165, 1.54) is 0 Å². The average Bonchev–Trinajstić information content (AvgIpc) is 3.32. The second kappa shape index (κ2) is 5.92. The molecule has 1 unspecified atom stereocenters. The molecule has 5 rings (SSSR count). The Hall–Kier alpha value is -3.67. The van der Waals surface area contributed by atoms with Gasteiger partial charge in [0.05, 0.1) is 22.5 Å². The minimum Gasteiger partial charge on any atom is -0.506 e. The Morgan fingerprint density at radius 2 is 1.68 bits per heavy atom. The van der Waals surface area contributed by atoms with Gasteiger partial charge in [-0.3, -0.25) is 4.79 Å². The topological polar surface area (TPSA) is 79.8 Å². The molecule has 1 aliphatic carbocycles. The first-order valence-electron chi connectivity index (χ1n) is 9.01. The largest absolute Gasteiger partial charge is 0.506 e. The predicted octanol–water partition coefficient (Wildman–Crippen LogP) is 4.26. The van der Waals surface area contributed by atoms with Gasteiger partial charge in [-0.25, -0.2) is 0 Å². The summed E-state index contributed by atoms with van der Waals surface area (Å²) < 4.78 is 11.6. The zero-order chi connectivity index (χ0) is 19.4. The first kappa shape index (κ1) is 16.5. The van der Waals surface area contributed by atoms with Crippen LogP contribution in [0.25, 0.3) is 0 Å². The van der Waals surface area contributed by atoms with E-state index in [0.717, 1.165) is 17.1 Å². The summed E-state index contributed by atoms with van der Waals surface area (Å²) in [5, 5.41) is 17.0. The fraction of sp³-hybridized carbons (Fsp3) is 0.136. The third kappa shape index (κ3) is 2.31. The number of Topliss-reactive ketones (excluding diaryl/α,β-unsaturated/α-hetero) is 1. The van der Waals surface area contributed by atoms with E-state index < -0.39 is 6.23 Å². The summed E-state index contributed by atoms with van der Waals surface area (Å²) >= 11 is 0. The van der Waals surface area contributed by atoms with Gasteiger partial charge < -0.3 is 25.2 Å². The number of para-hydroxylation sites is 4. The van der Waals surface area contributed by atoms with Crippen LogP contribution in [-0.2, 0) is 4.79 Å². The molecule has 140 valence electrons. The highest BCUT2D eigenvalue weighted by Gasteiger charge is 2.40. The van der Waals surface area contributed by atoms with Gasteiger partial charge in [-0.15, -0.1) is 0 Å². The van der Waals surface area contributed by atoms with Crippen molar-refractivity contribution in [3.8, 4) is 11.5 Å². The van der Waals surface area contributed by atoms with Crippen LogP contribution in [0.1, 0.15) is 13.8 Å². The Morgan fingerprint density at radius 1 is 1.00 bits per heavy atom. The quantitative estimate of drug-likeness (QED) is 0.682. The van der Waals surface area contributed by atoms with Crippen molar-refractivity contribution >= 4 is 17.2 Å². The number of hydrogen-bond donors (Lipinski definition) is 3. The molecule has 0 amide bonds. The zero-order valence-electron chi connectivity index (χ0n) is 15.4. The van der Waals surface area contributed by atoms with Crippen molar-refractivity contribution in [2.75, 3.05) is 10.6 Å². The van der Waals surface area contributed by atoms with Crippen LogP contribution in [-0.4, -0.2) is 17.1 Å². The highest BCUT2D eigenvalue weighted by atomic mass is 16.5. The first-order valence-corrected chi connectivity index (χ1v) is 9.01. The Labute approximate surface area is 161 Å². The maximum Gasteiger partial charge on any atom is 0.201 e. The molecule has 2 heterocycles. The van der Waals surface area contributed by atoms with Gasteiger partial charge in [0.25, 0.3) is 0 Å². The van der Waals surface area contributed by atoms with Crippen molar-refractivity contribution in [1.29, 1.82) is 0 Å². The molecule has 0 radical (unpaired) electrons. The summed E-state index contributed by atoms with van der Waals surface area (Å²) in [6, 6.07) is 15.1. The van der Waals surface area contributed by atoms with Crippen LogP contribution >= 0.6 is 0 Å². The van der Waals surface area contributed by atoms with E-state index in [-0.39, 0.29) is 22.7 Å². The molecule has 2 aromatic rings. The van der Waals surface area contributed by atoms with Crippen LogP contribution < -0.4 is 20.1 Å². The zero-order valence-corrected chi connectivity index (χ0v) is 15.4. The van der Waals surface area contributed by atoms with Crippen LogP contribution in [0.4, 0.5) is 11.4 Å². The van der Waals surface area contributed by atoms with Crippen LogP contribution in [0, 0.1) is 0 Å². The standard InChI is InChI=1S/C22H18N2O4/c1-11(21-23-13-7-3-5-9-15(13)27-21)17-19(25)18(20(17)26)12(2)22-24-14-8-4-6-10-16(14)28-22/h3-10,21,23-25H,1-2H3. The first-order chi connectivity index (χ1) is 13.5. The summed E-state index contributed by atoms with van der Waals surface area (Å²) in [6.07, 6.45) is -0.488. The number of rotatable bonds is 2. The number of benzene rings is 2. The van der Waals surface area contributed by atoms with Gasteiger partial charge in [-0.2, -0.15) is 0 Å². The molecule has 0 spiro atoms. The smallest absolute Gasteiger partial charge is 0.201 e. The van der Waals surface area contributed by atoms with E-state index in [4.69, 9.17) is 9.47 Å². The van der Waals surface area contributed by atoms with Gasteiger partial charge in [0.2, 0.25) is 11.7 Å². The summed E-state index contributed by atoms with van der Waals surface area (Å²) in [6.45, 7) is 3.54. The van der Waals surface area contributed by atoms with E-state index in [9.17, 15) is 9.90 Å². The van der Waals surface area contributed by atoms with Crippen LogP contribution in [0.15, 0.2) is 82.5 Å². The van der Waals surface area contributed by atoms with Crippen LogP contribution in [0.5, 0.6) is 11.5 Å². The van der Waals surface area contributed by atoms with E-state index in [0.29, 0.717) is 22.8 Å². The van der Waals surface area contributed by atoms with E-state index in [1.807, 2.05) is 48.5 Å². The second-order valence-corrected chi connectivity index (χ2v) is 6.93. The molecule has 3 N–H and O–H groups in total. The molecular formula is C22H18N2O4. The minimum absolute atomic E-state index is 0.0322. The molecule has 2 aliphatic heterocycles. The van der Waals surface area contributed by atoms with Crippen LogP contribution in [0.2, 0.25) is 0 Å². The van der Waals surface area contributed by atoms with E-state index in [2.05, 4.69) is 10.6 Å². The highest BCUT2D eigenvalue weighted by molar-refractivity contribution is 6.22. The number of fused-ring (bicyclic) bond motifs is 2. The maximum atomic E-state index is 12.8. The molecule has 0 saturated carbocycles. The Morgan fingerprint density at radius 3 is 2.36 bits per heavy atom. The van der Waals surface area contributed by atoms with Gasteiger partial charge in [0, 0.05) is 11.1 Å². The maximum absolute atomic E-state index is 12.8. The average molecular weight is 374 g/mol. The predicted molar refractivity (Wildman–Crippen MR) is 105 cm³/mol. The lowest BCUT2D eigenvalue weighted by molar-refractivity contribution is -0.113. The summed E-state index contributed by atoms with van der Waals surface area (Å²) in [4.78, 5) is 12.8. The molecule has 0 fully saturated rings. The van der Waals surface area contributed by atoms with Crippen molar-refractivity contribution in [3.63, 3.8) is 0 Å². The molecule has 0 aromatic heterocycles. The number of ether oxygens (including phenoxy) is 2. The van der Waals surface area contributed by atoms with E-state index >= 15 is 0 Å². The fourth-order valence-corrected chi connectivity index (χ4v) is 3.63. The van der Waals surface area contributed by atoms with Crippen molar-refractivity contribution in [2.45, 2.75) is 20.1 Å². The minimum atomic E-state index is -0.488. The summed E-state index contributed by atoms with van der Waals surface area (Å²) in [5.74, 6) is 1.62. The van der Waals surface area contributed by atoms with Gasteiger partial charge >= 0.3 is 0 Å². The number of hydrogen-bond acceptors (Lipinski definition) is 6. The molecule has 1 atom stereocenters. The van der Waals surface area contributed by atoms with E-state index in [1.54, 1.807) is 13.8 Å². The summed E-state index contributed by atoms with van der Waals surface area (Å²) in [7, 11) is 0. The van der Waals surface area contributed by atoms with Crippen LogP contribution in [0.3, 0.4) is 0 Å².